The molecule has 0 spiro atoms. The zero-order valence-electron chi connectivity index (χ0n) is 8.99. The van der Waals surface area contributed by atoms with Gasteiger partial charge in [-0.2, -0.15) is 0 Å². The number of hydrogen-bond donors (Lipinski definition) is 2. The minimum absolute atomic E-state index is 0.332. The number of carbonyl (C=O) groups is 1. The van der Waals surface area contributed by atoms with Crippen molar-refractivity contribution in [3.63, 3.8) is 0 Å². The van der Waals surface area contributed by atoms with E-state index in [0.29, 0.717) is 6.04 Å². The highest BCUT2D eigenvalue weighted by Gasteiger charge is 2.27. The van der Waals surface area contributed by atoms with Gasteiger partial charge in [-0.1, -0.05) is 13.8 Å². The maximum Gasteiger partial charge on any atom is 0.320 e. The van der Waals surface area contributed by atoms with Gasteiger partial charge in [-0.3, -0.25) is 9.69 Å². The fraction of sp³-hybridized carbons (Fsp3) is 0.900. The van der Waals surface area contributed by atoms with Crippen LogP contribution < -0.4 is 5.32 Å². The molecule has 0 aromatic heterocycles. The number of rotatable bonds is 4. The fourth-order valence-corrected chi connectivity index (χ4v) is 2.10. The van der Waals surface area contributed by atoms with Gasteiger partial charge >= 0.3 is 5.97 Å². The van der Waals surface area contributed by atoms with Crippen molar-refractivity contribution in [1.82, 2.24) is 10.2 Å². The summed E-state index contributed by atoms with van der Waals surface area (Å²) in [6, 6.07) is 0.183. The molecular weight excluding hydrogens is 180 g/mol. The van der Waals surface area contributed by atoms with Crippen LogP contribution in [-0.4, -0.2) is 47.7 Å². The van der Waals surface area contributed by atoms with Crippen molar-refractivity contribution in [2.24, 2.45) is 0 Å². The van der Waals surface area contributed by atoms with E-state index >= 15 is 0 Å². The Labute approximate surface area is 85.3 Å². The van der Waals surface area contributed by atoms with E-state index in [1.807, 2.05) is 0 Å². The minimum atomic E-state index is -0.719. The molecule has 2 N–H and O–H groups in total. The van der Waals surface area contributed by atoms with Gasteiger partial charge in [0, 0.05) is 12.6 Å². The molecule has 1 saturated heterocycles. The van der Waals surface area contributed by atoms with Crippen LogP contribution in [0.1, 0.15) is 26.7 Å². The van der Waals surface area contributed by atoms with Crippen molar-refractivity contribution in [2.75, 3.05) is 19.6 Å². The Bertz CT molecular complexity index is 185. The Hall–Kier alpha value is -0.610. The van der Waals surface area contributed by atoms with Gasteiger partial charge in [0.1, 0.15) is 6.04 Å². The number of piperidine rings is 1. The smallest absolute Gasteiger partial charge is 0.320 e. The molecule has 1 rings (SSSR count). The molecule has 1 aliphatic heterocycles. The first-order valence-electron chi connectivity index (χ1n) is 5.39. The Morgan fingerprint density at radius 3 is 2.43 bits per heavy atom. The standard InChI is InChI=1S/C10H20N2O2/c1-3-12(4-2)8-5-6-9(10(13)14)11-7-8/h8-9,11H,3-7H2,1-2H3,(H,13,14). The Morgan fingerprint density at radius 2 is 2.07 bits per heavy atom. The molecule has 0 aliphatic carbocycles. The molecule has 0 aromatic carbocycles. The number of carboxylic acids is 1. The van der Waals surface area contributed by atoms with Gasteiger partial charge in [0.15, 0.2) is 0 Å². The molecule has 2 atom stereocenters. The van der Waals surface area contributed by atoms with E-state index in [4.69, 9.17) is 5.11 Å². The predicted octanol–water partition coefficient (Wildman–Crippen LogP) is 0.533. The van der Waals surface area contributed by atoms with E-state index in [1.165, 1.54) is 0 Å². The third-order valence-electron chi connectivity index (χ3n) is 3.02. The number of likely N-dealkylation sites (N-methyl/N-ethyl adjacent to an activating group) is 1. The first-order valence-corrected chi connectivity index (χ1v) is 5.39. The average Bonchev–Trinajstić information content (AvgIpc) is 2.20. The van der Waals surface area contributed by atoms with Crippen LogP contribution in [0.4, 0.5) is 0 Å². The summed E-state index contributed by atoms with van der Waals surface area (Å²) in [6.07, 6.45) is 1.74. The van der Waals surface area contributed by atoms with Crippen molar-refractivity contribution in [3.05, 3.63) is 0 Å². The zero-order valence-corrected chi connectivity index (χ0v) is 8.99. The summed E-state index contributed by atoms with van der Waals surface area (Å²) in [4.78, 5) is 13.1. The summed E-state index contributed by atoms with van der Waals surface area (Å²) in [5.74, 6) is -0.719. The van der Waals surface area contributed by atoms with Crippen LogP contribution >= 0.6 is 0 Å². The SMILES string of the molecule is CCN(CC)C1CCC(C(=O)O)NC1. The van der Waals surface area contributed by atoms with Gasteiger partial charge in [-0.05, 0) is 25.9 Å². The van der Waals surface area contributed by atoms with Gasteiger partial charge in [-0.25, -0.2) is 0 Å². The molecule has 0 saturated carbocycles. The van der Waals surface area contributed by atoms with Crippen LogP contribution in [0.3, 0.4) is 0 Å². The van der Waals surface area contributed by atoms with Crippen LogP contribution in [0, 0.1) is 0 Å². The summed E-state index contributed by atoms with van der Waals surface area (Å²) in [5.41, 5.74) is 0. The highest BCUT2D eigenvalue weighted by molar-refractivity contribution is 5.73. The summed E-state index contributed by atoms with van der Waals surface area (Å²) >= 11 is 0. The highest BCUT2D eigenvalue weighted by Crippen LogP contribution is 2.13. The second kappa shape index (κ2) is 5.32. The van der Waals surface area contributed by atoms with Gasteiger partial charge in [0.2, 0.25) is 0 Å². The van der Waals surface area contributed by atoms with Crippen LogP contribution in [0.15, 0.2) is 0 Å². The van der Waals surface area contributed by atoms with E-state index < -0.39 is 5.97 Å². The molecule has 0 amide bonds. The van der Waals surface area contributed by atoms with E-state index in [0.717, 1.165) is 32.5 Å². The first kappa shape index (κ1) is 11.5. The Kier molecular flexibility index (Phi) is 4.35. The second-order valence-corrected chi connectivity index (χ2v) is 3.75. The lowest BCUT2D eigenvalue weighted by Gasteiger charge is -2.35. The van der Waals surface area contributed by atoms with Crippen LogP contribution in [0.5, 0.6) is 0 Å². The predicted molar refractivity (Wildman–Crippen MR) is 55.4 cm³/mol. The lowest BCUT2D eigenvalue weighted by atomic mass is 9.99. The molecule has 14 heavy (non-hydrogen) atoms. The number of nitrogens with zero attached hydrogens (tertiary/aromatic N) is 1. The van der Waals surface area contributed by atoms with E-state index in [9.17, 15) is 4.79 Å². The van der Waals surface area contributed by atoms with Crippen molar-refractivity contribution in [3.8, 4) is 0 Å². The summed E-state index contributed by atoms with van der Waals surface area (Å²) < 4.78 is 0. The maximum atomic E-state index is 10.7. The number of nitrogens with one attached hydrogen (secondary N) is 1. The molecule has 1 fully saturated rings. The lowest BCUT2D eigenvalue weighted by molar-refractivity contribution is -0.140. The normalized spacial score (nSPS) is 27.9. The third kappa shape index (κ3) is 2.69. The van der Waals surface area contributed by atoms with Crippen molar-refractivity contribution >= 4 is 5.97 Å². The van der Waals surface area contributed by atoms with Crippen molar-refractivity contribution < 1.29 is 9.90 Å². The first-order chi connectivity index (χ1) is 6.69. The topological polar surface area (TPSA) is 52.6 Å². The zero-order chi connectivity index (χ0) is 10.6. The molecule has 0 aromatic rings. The monoisotopic (exact) mass is 200 g/mol. The molecule has 4 heteroatoms. The minimum Gasteiger partial charge on any atom is -0.480 e. The van der Waals surface area contributed by atoms with E-state index in [2.05, 4.69) is 24.1 Å². The quantitative estimate of drug-likeness (QED) is 0.695. The summed E-state index contributed by atoms with van der Waals surface area (Å²) in [7, 11) is 0. The molecule has 1 aliphatic rings. The third-order valence-corrected chi connectivity index (χ3v) is 3.02. The summed E-state index contributed by atoms with van der Waals surface area (Å²) in [6.45, 7) is 7.18. The number of aliphatic carboxylic acids is 1. The van der Waals surface area contributed by atoms with Crippen molar-refractivity contribution in [1.29, 1.82) is 0 Å². The van der Waals surface area contributed by atoms with Gasteiger partial charge in [0.05, 0.1) is 0 Å². The molecule has 0 bridgehead atoms. The van der Waals surface area contributed by atoms with Crippen molar-refractivity contribution in [2.45, 2.75) is 38.8 Å². The molecule has 2 unspecified atom stereocenters. The number of hydrogen-bond acceptors (Lipinski definition) is 3. The van der Waals surface area contributed by atoms with Gasteiger partial charge in [0.25, 0.3) is 0 Å². The maximum absolute atomic E-state index is 10.7. The van der Waals surface area contributed by atoms with E-state index in [1.54, 1.807) is 0 Å². The van der Waals surface area contributed by atoms with Gasteiger partial charge in [-0.15, -0.1) is 0 Å². The molecule has 4 nitrogen and oxygen atoms in total. The fourth-order valence-electron chi connectivity index (χ4n) is 2.10. The van der Waals surface area contributed by atoms with Gasteiger partial charge < -0.3 is 10.4 Å². The average molecular weight is 200 g/mol. The molecule has 0 radical (unpaired) electrons. The molecular formula is C10H20N2O2. The number of carboxylic acid groups (broad SMARTS) is 1. The Morgan fingerprint density at radius 1 is 1.43 bits per heavy atom. The second-order valence-electron chi connectivity index (χ2n) is 3.75. The van der Waals surface area contributed by atoms with Crippen LogP contribution in [0.25, 0.3) is 0 Å². The highest BCUT2D eigenvalue weighted by atomic mass is 16.4. The van der Waals surface area contributed by atoms with Crippen LogP contribution in [0.2, 0.25) is 0 Å². The Balaban J connectivity index is 2.38. The molecule has 1 heterocycles. The summed E-state index contributed by atoms with van der Waals surface area (Å²) in [5, 5.41) is 11.9. The largest absolute Gasteiger partial charge is 0.480 e. The molecule has 82 valence electrons. The lowest BCUT2D eigenvalue weighted by Crippen LogP contribution is -2.52. The van der Waals surface area contributed by atoms with E-state index in [-0.39, 0.29) is 6.04 Å². The van der Waals surface area contributed by atoms with Crippen LogP contribution in [-0.2, 0) is 4.79 Å².